The normalized spacial score (nSPS) is 18.2. The van der Waals surface area contributed by atoms with E-state index in [1.807, 2.05) is 0 Å². The summed E-state index contributed by atoms with van der Waals surface area (Å²) in [7, 11) is 0. The van der Waals surface area contributed by atoms with Crippen LogP contribution in [0, 0.1) is 0 Å². The van der Waals surface area contributed by atoms with Gasteiger partial charge in [-0.05, 0) is 24.3 Å². The monoisotopic (exact) mass is 290 g/mol. The van der Waals surface area contributed by atoms with Gasteiger partial charge in [-0.1, -0.05) is 0 Å². The standard InChI is InChI=1S/C11H9F3N2O4/c12-11(13,14)20-7-3-1-6(2-4-7)10-15-8(5-19-10)9(17)16-18/h1-4,8,18H,5H2,(H,16,17)/t8-/m1/s1. The molecule has 1 aliphatic rings. The fourth-order valence-corrected chi connectivity index (χ4v) is 1.54. The summed E-state index contributed by atoms with van der Waals surface area (Å²) in [5, 5.41) is 8.45. The first-order valence-corrected chi connectivity index (χ1v) is 5.40. The fourth-order valence-electron chi connectivity index (χ4n) is 1.54. The quantitative estimate of drug-likeness (QED) is 0.648. The lowest BCUT2D eigenvalue weighted by molar-refractivity contribution is -0.274. The third-order valence-electron chi connectivity index (χ3n) is 2.40. The number of nitrogens with one attached hydrogen (secondary N) is 1. The lowest BCUT2D eigenvalue weighted by Crippen LogP contribution is -2.31. The highest BCUT2D eigenvalue weighted by Gasteiger charge is 2.31. The van der Waals surface area contributed by atoms with Crippen LogP contribution in [0.2, 0.25) is 0 Å². The van der Waals surface area contributed by atoms with Crippen LogP contribution in [0.5, 0.6) is 5.75 Å². The molecule has 0 saturated carbocycles. The van der Waals surface area contributed by atoms with Gasteiger partial charge >= 0.3 is 6.36 Å². The summed E-state index contributed by atoms with van der Waals surface area (Å²) >= 11 is 0. The van der Waals surface area contributed by atoms with E-state index in [0.29, 0.717) is 5.56 Å². The van der Waals surface area contributed by atoms with Crippen LogP contribution in [0.3, 0.4) is 0 Å². The average molecular weight is 290 g/mol. The Labute approximate surface area is 110 Å². The Morgan fingerprint density at radius 3 is 2.60 bits per heavy atom. The summed E-state index contributed by atoms with van der Waals surface area (Å²) in [5.74, 6) is -0.987. The second kappa shape index (κ2) is 5.37. The molecule has 1 amide bonds. The van der Waals surface area contributed by atoms with Gasteiger partial charge in [-0.3, -0.25) is 10.0 Å². The highest BCUT2D eigenvalue weighted by molar-refractivity contribution is 5.98. The van der Waals surface area contributed by atoms with Gasteiger partial charge in [0.15, 0.2) is 6.04 Å². The van der Waals surface area contributed by atoms with Crippen molar-refractivity contribution in [3.05, 3.63) is 29.8 Å². The lowest BCUT2D eigenvalue weighted by atomic mass is 10.2. The summed E-state index contributed by atoms with van der Waals surface area (Å²) in [4.78, 5) is 15.0. The minimum absolute atomic E-state index is 0.0530. The molecule has 9 heteroatoms. The number of rotatable bonds is 3. The van der Waals surface area contributed by atoms with Gasteiger partial charge in [-0.15, -0.1) is 13.2 Å². The minimum Gasteiger partial charge on any atom is -0.475 e. The van der Waals surface area contributed by atoms with Gasteiger partial charge in [0.1, 0.15) is 12.4 Å². The number of carbonyl (C=O) groups is 1. The third kappa shape index (κ3) is 3.38. The molecule has 108 valence electrons. The molecule has 1 aromatic rings. The van der Waals surface area contributed by atoms with E-state index < -0.39 is 18.3 Å². The number of carbonyl (C=O) groups excluding carboxylic acids is 1. The maximum atomic E-state index is 12.0. The number of halogens is 3. The number of hydrogen-bond donors (Lipinski definition) is 2. The van der Waals surface area contributed by atoms with Crippen molar-refractivity contribution in [2.75, 3.05) is 6.61 Å². The Bertz CT molecular complexity index is 527. The molecular weight excluding hydrogens is 281 g/mol. The second-order valence-corrected chi connectivity index (χ2v) is 3.81. The Morgan fingerprint density at radius 1 is 1.40 bits per heavy atom. The zero-order chi connectivity index (χ0) is 14.8. The Hall–Kier alpha value is -2.29. The first-order chi connectivity index (χ1) is 9.39. The van der Waals surface area contributed by atoms with Crippen LogP contribution in [-0.4, -0.2) is 36.0 Å². The van der Waals surface area contributed by atoms with Gasteiger partial charge < -0.3 is 9.47 Å². The number of nitrogens with zero attached hydrogens (tertiary/aromatic N) is 1. The maximum absolute atomic E-state index is 12.0. The van der Waals surface area contributed by atoms with Crippen molar-refractivity contribution in [3.8, 4) is 5.75 Å². The van der Waals surface area contributed by atoms with Gasteiger partial charge in [-0.25, -0.2) is 10.5 Å². The summed E-state index contributed by atoms with van der Waals surface area (Å²) in [6, 6.07) is 3.96. The minimum atomic E-state index is -4.76. The maximum Gasteiger partial charge on any atom is 0.573 e. The van der Waals surface area contributed by atoms with Crippen molar-refractivity contribution in [2.24, 2.45) is 4.99 Å². The molecule has 0 aromatic heterocycles. The zero-order valence-corrected chi connectivity index (χ0v) is 9.85. The van der Waals surface area contributed by atoms with Crippen LogP contribution >= 0.6 is 0 Å². The van der Waals surface area contributed by atoms with Crippen molar-refractivity contribution < 1.29 is 32.6 Å². The van der Waals surface area contributed by atoms with Crippen LogP contribution in [-0.2, 0) is 9.53 Å². The number of hydroxylamine groups is 1. The van der Waals surface area contributed by atoms with Crippen molar-refractivity contribution in [1.29, 1.82) is 0 Å². The number of hydrogen-bond acceptors (Lipinski definition) is 5. The topological polar surface area (TPSA) is 80.2 Å². The van der Waals surface area contributed by atoms with E-state index in [2.05, 4.69) is 9.73 Å². The molecule has 2 rings (SSSR count). The van der Waals surface area contributed by atoms with Crippen LogP contribution < -0.4 is 10.2 Å². The molecule has 0 fully saturated rings. The van der Waals surface area contributed by atoms with Crippen molar-refractivity contribution in [1.82, 2.24) is 5.48 Å². The van der Waals surface area contributed by atoms with Gasteiger partial charge in [0, 0.05) is 5.56 Å². The number of alkyl halides is 3. The number of benzene rings is 1. The van der Waals surface area contributed by atoms with E-state index in [9.17, 15) is 18.0 Å². The predicted octanol–water partition coefficient (Wildman–Crippen LogP) is 1.24. The van der Waals surface area contributed by atoms with Crippen LogP contribution in [0.25, 0.3) is 0 Å². The van der Waals surface area contributed by atoms with Crippen LogP contribution in [0.1, 0.15) is 5.56 Å². The van der Waals surface area contributed by atoms with E-state index in [1.54, 1.807) is 0 Å². The van der Waals surface area contributed by atoms with E-state index in [-0.39, 0.29) is 18.3 Å². The molecule has 6 nitrogen and oxygen atoms in total. The predicted molar refractivity (Wildman–Crippen MR) is 59.3 cm³/mol. The molecule has 0 saturated heterocycles. The fraction of sp³-hybridized carbons (Fsp3) is 0.273. The lowest BCUT2D eigenvalue weighted by Gasteiger charge is -2.09. The Morgan fingerprint density at radius 2 is 2.05 bits per heavy atom. The number of amides is 1. The molecule has 1 aromatic carbocycles. The van der Waals surface area contributed by atoms with Gasteiger partial charge in [0.2, 0.25) is 5.90 Å². The largest absolute Gasteiger partial charge is 0.573 e. The first kappa shape index (κ1) is 14.1. The van der Waals surface area contributed by atoms with Crippen LogP contribution in [0.15, 0.2) is 29.3 Å². The molecular formula is C11H9F3N2O4. The van der Waals surface area contributed by atoms with Crippen molar-refractivity contribution in [3.63, 3.8) is 0 Å². The molecule has 1 atom stereocenters. The van der Waals surface area contributed by atoms with Gasteiger partial charge in [0.05, 0.1) is 0 Å². The van der Waals surface area contributed by atoms with Crippen molar-refractivity contribution >= 4 is 11.8 Å². The molecule has 20 heavy (non-hydrogen) atoms. The van der Waals surface area contributed by atoms with E-state index in [1.165, 1.54) is 17.6 Å². The number of ether oxygens (including phenoxy) is 2. The zero-order valence-electron chi connectivity index (χ0n) is 9.85. The smallest absolute Gasteiger partial charge is 0.475 e. The summed E-state index contributed by atoms with van der Waals surface area (Å²) in [6.45, 7) is -0.0530. The Kier molecular flexibility index (Phi) is 3.79. The van der Waals surface area contributed by atoms with E-state index in [0.717, 1.165) is 12.1 Å². The van der Waals surface area contributed by atoms with E-state index >= 15 is 0 Å². The third-order valence-corrected chi connectivity index (χ3v) is 2.40. The molecule has 0 bridgehead atoms. The van der Waals surface area contributed by atoms with Gasteiger partial charge in [-0.2, -0.15) is 0 Å². The molecule has 1 aliphatic heterocycles. The second-order valence-electron chi connectivity index (χ2n) is 3.81. The van der Waals surface area contributed by atoms with Crippen molar-refractivity contribution in [2.45, 2.75) is 12.4 Å². The molecule has 0 spiro atoms. The SMILES string of the molecule is O=C(NO)[C@H]1COC(c2ccc(OC(F)(F)F)cc2)=N1. The average Bonchev–Trinajstić information content (AvgIpc) is 2.86. The van der Waals surface area contributed by atoms with Crippen LogP contribution in [0.4, 0.5) is 13.2 Å². The molecule has 0 unspecified atom stereocenters. The number of aliphatic imine (C=N–C) groups is 1. The Balaban J connectivity index is 2.09. The molecule has 0 radical (unpaired) electrons. The molecule has 2 N–H and O–H groups in total. The molecule has 1 heterocycles. The highest BCUT2D eigenvalue weighted by atomic mass is 19.4. The highest BCUT2D eigenvalue weighted by Crippen LogP contribution is 2.23. The van der Waals surface area contributed by atoms with Gasteiger partial charge in [0.25, 0.3) is 5.91 Å². The van der Waals surface area contributed by atoms with E-state index in [4.69, 9.17) is 9.94 Å². The summed E-state index contributed by atoms with van der Waals surface area (Å²) in [6.07, 6.45) is -4.76. The molecule has 0 aliphatic carbocycles. The first-order valence-electron chi connectivity index (χ1n) is 5.40. The summed E-state index contributed by atoms with van der Waals surface area (Å²) in [5.41, 5.74) is 1.84. The summed E-state index contributed by atoms with van der Waals surface area (Å²) < 4.78 is 44.8.